The van der Waals surface area contributed by atoms with E-state index >= 15 is 0 Å². The molecule has 0 radical (unpaired) electrons. The van der Waals surface area contributed by atoms with Crippen LogP contribution in [0.4, 0.5) is 19.0 Å². The van der Waals surface area contributed by atoms with Crippen molar-refractivity contribution >= 4 is 5.82 Å². The molecule has 3 aromatic rings. The van der Waals surface area contributed by atoms with Crippen molar-refractivity contribution < 1.29 is 13.2 Å². The number of anilines is 1. The van der Waals surface area contributed by atoms with Crippen LogP contribution in [0.1, 0.15) is 30.1 Å². The van der Waals surface area contributed by atoms with Crippen molar-refractivity contribution in [2.24, 2.45) is 0 Å². The van der Waals surface area contributed by atoms with Crippen molar-refractivity contribution in [2.75, 3.05) is 18.0 Å². The van der Waals surface area contributed by atoms with Gasteiger partial charge in [-0.2, -0.15) is 13.2 Å². The zero-order valence-electron chi connectivity index (χ0n) is 14.6. The molecule has 1 aliphatic heterocycles. The lowest BCUT2D eigenvalue weighted by Crippen LogP contribution is -2.33. The van der Waals surface area contributed by atoms with Crippen molar-refractivity contribution in [2.45, 2.75) is 24.9 Å². The summed E-state index contributed by atoms with van der Waals surface area (Å²) < 4.78 is 38.8. The highest BCUT2D eigenvalue weighted by Gasteiger charge is 2.30. The maximum atomic E-state index is 12.9. The number of H-pyrrole nitrogens is 1. The molecule has 1 fully saturated rings. The topological polar surface area (TPSA) is 44.8 Å². The number of rotatable bonds is 3. The number of pyridine rings is 1. The Morgan fingerprint density at radius 1 is 1.00 bits per heavy atom. The van der Waals surface area contributed by atoms with Crippen LogP contribution in [-0.2, 0) is 6.18 Å². The number of piperidine rings is 1. The van der Waals surface area contributed by atoms with E-state index in [1.165, 1.54) is 6.07 Å². The lowest BCUT2D eigenvalue weighted by Gasteiger charge is -2.31. The van der Waals surface area contributed by atoms with Crippen LogP contribution < -0.4 is 4.90 Å². The Morgan fingerprint density at radius 3 is 2.52 bits per heavy atom. The molecule has 4 nitrogen and oxygen atoms in total. The van der Waals surface area contributed by atoms with Crippen LogP contribution in [-0.4, -0.2) is 28.0 Å². The third kappa shape index (κ3) is 3.82. The molecule has 2 aromatic heterocycles. The lowest BCUT2D eigenvalue weighted by atomic mass is 9.96. The molecule has 27 heavy (non-hydrogen) atoms. The standard InChI is InChI=1S/C20H19F3N4/c21-20(22,23)16-5-3-4-15(12-16)17-13-25-19(26-17)14-7-10-27(11-8-14)18-6-1-2-9-24-18/h1-6,9,12-14H,7-8,10-11H2,(H,25,26). The summed E-state index contributed by atoms with van der Waals surface area (Å²) in [6.45, 7) is 1.75. The molecular weight excluding hydrogens is 353 g/mol. The predicted octanol–water partition coefficient (Wildman–Crippen LogP) is 4.87. The number of nitrogens with zero attached hydrogens (tertiary/aromatic N) is 3. The summed E-state index contributed by atoms with van der Waals surface area (Å²) in [7, 11) is 0. The van der Waals surface area contributed by atoms with E-state index in [4.69, 9.17) is 0 Å². The van der Waals surface area contributed by atoms with E-state index in [1.54, 1.807) is 18.5 Å². The van der Waals surface area contributed by atoms with Crippen LogP contribution in [0.15, 0.2) is 54.9 Å². The monoisotopic (exact) mass is 372 g/mol. The summed E-state index contributed by atoms with van der Waals surface area (Å²) in [4.78, 5) is 14.3. The smallest absolute Gasteiger partial charge is 0.357 e. The third-order valence-electron chi connectivity index (χ3n) is 4.95. The Balaban J connectivity index is 1.46. The molecule has 0 amide bonds. The fraction of sp³-hybridized carbons (Fsp3) is 0.300. The van der Waals surface area contributed by atoms with Crippen LogP contribution in [0.3, 0.4) is 0 Å². The highest BCUT2D eigenvalue weighted by atomic mass is 19.4. The van der Waals surface area contributed by atoms with Gasteiger partial charge in [-0.15, -0.1) is 0 Å². The fourth-order valence-electron chi connectivity index (χ4n) is 3.48. The van der Waals surface area contributed by atoms with E-state index in [-0.39, 0.29) is 5.92 Å². The molecule has 0 unspecified atom stereocenters. The number of hydrogen-bond donors (Lipinski definition) is 1. The van der Waals surface area contributed by atoms with Crippen molar-refractivity contribution in [3.8, 4) is 11.3 Å². The lowest BCUT2D eigenvalue weighted by molar-refractivity contribution is -0.137. The number of imidazole rings is 1. The molecule has 0 spiro atoms. The van der Waals surface area contributed by atoms with Crippen LogP contribution in [0.5, 0.6) is 0 Å². The summed E-state index contributed by atoms with van der Waals surface area (Å²) >= 11 is 0. The van der Waals surface area contributed by atoms with E-state index in [2.05, 4.69) is 19.9 Å². The summed E-state index contributed by atoms with van der Waals surface area (Å²) in [5.41, 5.74) is 0.456. The number of aromatic nitrogens is 3. The molecule has 0 atom stereocenters. The normalized spacial score (nSPS) is 15.9. The minimum absolute atomic E-state index is 0.268. The molecule has 140 valence electrons. The van der Waals surface area contributed by atoms with Crippen molar-refractivity contribution in [1.29, 1.82) is 0 Å². The maximum Gasteiger partial charge on any atom is 0.416 e. The zero-order valence-corrected chi connectivity index (χ0v) is 14.6. The van der Waals surface area contributed by atoms with Gasteiger partial charge >= 0.3 is 6.18 Å². The van der Waals surface area contributed by atoms with Gasteiger partial charge in [-0.05, 0) is 37.1 Å². The van der Waals surface area contributed by atoms with Gasteiger partial charge in [0.05, 0.1) is 17.5 Å². The van der Waals surface area contributed by atoms with Crippen LogP contribution in [0.2, 0.25) is 0 Å². The summed E-state index contributed by atoms with van der Waals surface area (Å²) in [5, 5.41) is 0. The fourth-order valence-corrected chi connectivity index (χ4v) is 3.48. The van der Waals surface area contributed by atoms with Crippen molar-refractivity contribution in [3.05, 3.63) is 66.2 Å². The molecule has 3 heterocycles. The molecule has 0 saturated carbocycles. The maximum absolute atomic E-state index is 12.9. The highest BCUT2D eigenvalue weighted by Crippen LogP contribution is 2.33. The summed E-state index contributed by atoms with van der Waals surface area (Å²) in [5.74, 6) is 2.08. The van der Waals surface area contributed by atoms with E-state index in [0.29, 0.717) is 11.3 Å². The molecule has 1 saturated heterocycles. The Labute approximate surface area is 155 Å². The number of benzene rings is 1. The molecule has 4 rings (SSSR count). The Kier molecular flexibility index (Phi) is 4.59. The first kappa shape index (κ1) is 17.6. The first-order chi connectivity index (χ1) is 13.0. The number of aromatic amines is 1. The van der Waals surface area contributed by atoms with Gasteiger partial charge < -0.3 is 9.88 Å². The van der Waals surface area contributed by atoms with Crippen LogP contribution in [0.25, 0.3) is 11.3 Å². The van der Waals surface area contributed by atoms with Crippen LogP contribution in [0, 0.1) is 0 Å². The van der Waals surface area contributed by atoms with Gasteiger partial charge in [-0.1, -0.05) is 18.2 Å². The summed E-state index contributed by atoms with van der Waals surface area (Å²) in [6, 6.07) is 11.2. The molecule has 1 N–H and O–H groups in total. The molecule has 7 heteroatoms. The highest BCUT2D eigenvalue weighted by molar-refractivity contribution is 5.59. The van der Waals surface area contributed by atoms with Gasteiger partial charge in [-0.3, -0.25) is 0 Å². The van der Waals surface area contributed by atoms with E-state index in [0.717, 1.165) is 49.7 Å². The average molecular weight is 372 g/mol. The van der Waals surface area contributed by atoms with Gasteiger partial charge in [0.25, 0.3) is 0 Å². The van der Waals surface area contributed by atoms with Gasteiger partial charge in [0, 0.05) is 30.8 Å². The number of halogens is 3. The second-order valence-electron chi connectivity index (χ2n) is 6.71. The minimum Gasteiger partial charge on any atom is -0.357 e. The first-order valence-electron chi connectivity index (χ1n) is 8.89. The Bertz CT molecular complexity index is 897. The van der Waals surface area contributed by atoms with Gasteiger partial charge in [0.2, 0.25) is 0 Å². The Morgan fingerprint density at radius 2 is 1.81 bits per heavy atom. The number of nitrogens with one attached hydrogen (secondary N) is 1. The Hall–Kier alpha value is -2.83. The second kappa shape index (κ2) is 7.06. The van der Waals surface area contributed by atoms with Crippen LogP contribution >= 0.6 is 0 Å². The van der Waals surface area contributed by atoms with E-state index in [9.17, 15) is 13.2 Å². The quantitative estimate of drug-likeness (QED) is 0.713. The predicted molar refractivity (Wildman–Crippen MR) is 97.5 cm³/mol. The van der Waals surface area contributed by atoms with Crippen molar-refractivity contribution in [3.63, 3.8) is 0 Å². The average Bonchev–Trinajstić information content (AvgIpc) is 3.19. The SMILES string of the molecule is FC(F)(F)c1cccc(-c2cnc(C3CCN(c4ccccn4)CC3)[nH]2)c1. The van der Waals surface area contributed by atoms with E-state index < -0.39 is 11.7 Å². The number of hydrogen-bond acceptors (Lipinski definition) is 3. The third-order valence-corrected chi connectivity index (χ3v) is 4.95. The molecular formula is C20H19F3N4. The second-order valence-corrected chi connectivity index (χ2v) is 6.71. The first-order valence-corrected chi connectivity index (χ1v) is 8.89. The molecule has 0 aliphatic carbocycles. The molecule has 0 bridgehead atoms. The largest absolute Gasteiger partial charge is 0.416 e. The number of alkyl halides is 3. The minimum atomic E-state index is -4.35. The van der Waals surface area contributed by atoms with Gasteiger partial charge in [-0.25, -0.2) is 9.97 Å². The van der Waals surface area contributed by atoms with Crippen molar-refractivity contribution in [1.82, 2.24) is 15.0 Å². The van der Waals surface area contributed by atoms with Gasteiger partial charge in [0.1, 0.15) is 11.6 Å². The van der Waals surface area contributed by atoms with Gasteiger partial charge in [0.15, 0.2) is 0 Å². The summed E-state index contributed by atoms with van der Waals surface area (Å²) in [6.07, 6.45) is 0.903. The zero-order chi connectivity index (χ0) is 18.9. The molecule has 1 aliphatic rings. The molecule has 1 aromatic carbocycles. The van der Waals surface area contributed by atoms with E-state index in [1.807, 2.05) is 18.2 Å².